The lowest BCUT2D eigenvalue weighted by Gasteiger charge is -2.20. The minimum atomic E-state index is -0.477. The molecule has 1 aromatic carbocycles. The van der Waals surface area contributed by atoms with E-state index in [0.717, 1.165) is 0 Å². The molecule has 1 aliphatic heterocycles. The van der Waals surface area contributed by atoms with Crippen molar-refractivity contribution in [2.24, 2.45) is 0 Å². The molecule has 2 aromatic heterocycles. The van der Waals surface area contributed by atoms with Gasteiger partial charge in [0.05, 0.1) is 18.8 Å². The third-order valence-corrected chi connectivity index (χ3v) is 4.48. The van der Waals surface area contributed by atoms with E-state index in [0.29, 0.717) is 41.4 Å². The maximum Gasteiger partial charge on any atom is 0.343 e. The minimum Gasteiger partial charge on any atom is -0.493 e. The molecule has 140 valence electrons. The number of ether oxygens (including phenoxy) is 2. The number of rotatable bonds is 0. The number of esters is 1. The topological polar surface area (TPSA) is 77.8 Å². The van der Waals surface area contributed by atoms with E-state index in [-0.39, 0.29) is 18.0 Å². The van der Waals surface area contributed by atoms with Crippen LogP contribution in [-0.2, 0) is 4.74 Å². The molecule has 3 heterocycles. The first kappa shape index (κ1) is 17.3. The first-order chi connectivity index (χ1) is 13.0. The molecule has 1 unspecified atom stereocenters. The highest BCUT2D eigenvalue weighted by atomic mass is 19.1. The standard InChI is InChI=1S/C19H19FN4O3/c1-11-6-8-26-16-4-3-13(20)9-14(16)12(2)22-17-5-7-24-18(23-17)15(10-21-24)19(25)27-11/h3-5,7,9-12H,6,8H2,1-2H3,(H,22,23)/t11-,12?/m1/s1. The number of benzene rings is 1. The molecular weight excluding hydrogens is 351 g/mol. The van der Waals surface area contributed by atoms with Crippen LogP contribution in [0.3, 0.4) is 0 Å². The van der Waals surface area contributed by atoms with Gasteiger partial charge >= 0.3 is 5.97 Å². The third kappa shape index (κ3) is 3.42. The van der Waals surface area contributed by atoms with Gasteiger partial charge in [0.1, 0.15) is 29.1 Å². The highest BCUT2D eigenvalue weighted by Crippen LogP contribution is 2.29. The molecule has 2 atom stereocenters. The molecular formula is C19H19FN4O3. The molecule has 0 fully saturated rings. The molecule has 2 bridgehead atoms. The van der Waals surface area contributed by atoms with Gasteiger partial charge in [0, 0.05) is 18.2 Å². The van der Waals surface area contributed by atoms with Gasteiger partial charge in [-0.3, -0.25) is 0 Å². The Morgan fingerprint density at radius 1 is 1.30 bits per heavy atom. The molecule has 1 N–H and O–H groups in total. The molecule has 3 aromatic rings. The zero-order valence-electron chi connectivity index (χ0n) is 15.0. The summed E-state index contributed by atoms with van der Waals surface area (Å²) in [4.78, 5) is 16.9. The van der Waals surface area contributed by atoms with Crippen molar-refractivity contribution < 1.29 is 18.7 Å². The highest BCUT2D eigenvalue weighted by Gasteiger charge is 2.21. The number of hydrogen-bond donors (Lipinski definition) is 1. The summed E-state index contributed by atoms with van der Waals surface area (Å²) in [6.45, 7) is 4.04. The number of halogens is 1. The largest absolute Gasteiger partial charge is 0.493 e. The maximum atomic E-state index is 13.8. The summed E-state index contributed by atoms with van der Waals surface area (Å²) in [5, 5.41) is 7.37. The average molecular weight is 370 g/mol. The molecule has 0 aliphatic carbocycles. The van der Waals surface area contributed by atoms with Crippen molar-refractivity contribution in [3.05, 3.63) is 53.6 Å². The number of aromatic nitrogens is 3. The van der Waals surface area contributed by atoms with Crippen molar-refractivity contribution in [2.75, 3.05) is 11.9 Å². The van der Waals surface area contributed by atoms with Gasteiger partial charge in [-0.2, -0.15) is 5.10 Å². The summed E-state index contributed by atoms with van der Waals surface area (Å²) >= 11 is 0. The SMILES string of the molecule is CC1Nc2ccn3ncc(c3n2)C(=O)O[C@H](C)CCOc2ccc(F)cc21. The minimum absolute atomic E-state index is 0.260. The van der Waals surface area contributed by atoms with Crippen molar-refractivity contribution >= 4 is 17.4 Å². The summed E-state index contributed by atoms with van der Waals surface area (Å²) < 4.78 is 26.6. The summed E-state index contributed by atoms with van der Waals surface area (Å²) in [7, 11) is 0. The maximum absolute atomic E-state index is 13.8. The van der Waals surface area contributed by atoms with Gasteiger partial charge in [0.2, 0.25) is 0 Å². The van der Waals surface area contributed by atoms with E-state index in [9.17, 15) is 9.18 Å². The van der Waals surface area contributed by atoms with E-state index >= 15 is 0 Å². The molecule has 0 amide bonds. The number of anilines is 1. The number of cyclic esters (lactones) is 1. The van der Waals surface area contributed by atoms with Gasteiger partial charge in [0.15, 0.2) is 5.65 Å². The molecule has 1 aliphatic rings. The first-order valence-corrected chi connectivity index (χ1v) is 8.75. The lowest BCUT2D eigenvalue weighted by molar-refractivity contribution is 0.0299. The second-order valence-electron chi connectivity index (χ2n) is 6.54. The number of hydrogen-bond acceptors (Lipinski definition) is 6. The van der Waals surface area contributed by atoms with E-state index in [1.54, 1.807) is 25.3 Å². The summed E-state index contributed by atoms with van der Waals surface area (Å²) in [6, 6.07) is 5.90. The van der Waals surface area contributed by atoms with Crippen molar-refractivity contribution in [2.45, 2.75) is 32.4 Å². The third-order valence-electron chi connectivity index (χ3n) is 4.48. The van der Waals surface area contributed by atoms with Crippen molar-refractivity contribution in [1.29, 1.82) is 0 Å². The highest BCUT2D eigenvalue weighted by molar-refractivity contribution is 5.95. The van der Waals surface area contributed by atoms with Crippen LogP contribution in [0, 0.1) is 5.82 Å². The fourth-order valence-corrected chi connectivity index (χ4v) is 3.02. The van der Waals surface area contributed by atoms with Crippen LogP contribution in [0.2, 0.25) is 0 Å². The van der Waals surface area contributed by atoms with E-state index < -0.39 is 5.97 Å². The van der Waals surface area contributed by atoms with Crippen LogP contribution >= 0.6 is 0 Å². The predicted octanol–water partition coefficient (Wildman–Crippen LogP) is 3.37. The molecule has 0 saturated carbocycles. The Bertz CT molecular complexity index is 1000. The number of nitrogens with zero attached hydrogens (tertiary/aromatic N) is 3. The van der Waals surface area contributed by atoms with Crippen LogP contribution < -0.4 is 10.1 Å². The van der Waals surface area contributed by atoms with Crippen LogP contribution in [-0.4, -0.2) is 33.3 Å². The van der Waals surface area contributed by atoms with Crippen molar-refractivity contribution in [3.63, 3.8) is 0 Å². The number of nitrogens with one attached hydrogen (secondary N) is 1. The quantitative estimate of drug-likeness (QED) is 0.612. The van der Waals surface area contributed by atoms with E-state index in [2.05, 4.69) is 15.4 Å². The predicted molar refractivity (Wildman–Crippen MR) is 96.4 cm³/mol. The molecule has 8 heteroatoms. The Balaban J connectivity index is 1.79. The normalized spacial score (nSPS) is 20.3. The Hall–Kier alpha value is -3.16. The fourth-order valence-electron chi connectivity index (χ4n) is 3.02. The molecule has 7 nitrogen and oxygen atoms in total. The van der Waals surface area contributed by atoms with Crippen LogP contribution in [0.15, 0.2) is 36.7 Å². The smallest absolute Gasteiger partial charge is 0.343 e. The zero-order chi connectivity index (χ0) is 19.0. The van der Waals surface area contributed by atoms with Crippen molar-refractivity contribution in [3.8, 4) is 5.75 Å². The van der Waals surface area contributed by atoms with Crippen molar-refractivity contribution in [1.82, 2.24) is 14.6 Å². The monoisotopic (exact) mass is 370 g/mol. The lowest BCUT2D eigenvalue weighted by Crippen LogP contribution is -2.19. The Kier molecular flexibility index (Phi) is 4.39. The van der Waals surface area contributed by atoms with Gasteiger partial charge in [-0.1, -0.05) is 0 Å². The second kappa shape index (κ2) is 6.86. The Labute approximate surface area is 155 Å². The molecule has 27 heavy (non-hydrogen) atoms. The summed E-state index contributed by atoms with van der Waals surface area (Å²) in [5.41, 5.74) is 1.38. The second-order valence-corrected chi connectivity index (χ2v) is 6.54. The number of fused-ring (bicyclic) bond motifs is 2. The number of carbonyl (C=O) groups is 1. The Morgan fingerprint density at radius 2 is 2.15 bits per heavy atom. The van der Waals surface area contributed by atoms with Gasteiger partial charge in [-0.25, -0.2) is 18.7 Å². The summed E-state index contributed by atoms with van der Waals surface area (Å²) in [6.07, 6.45) is 3.30. The zero-order valence-corrected chi connectivity index (χ0v) is 15.0. The van der Waals surface area contributed by atoms with Crippen LogP contribution in [0.4, 0.5) is 10.2 Å². The molecule has 4 rings (SSSR count). The van der Waals surface area contributed by atoms with Gasteiger partial charge in [-0.05, 0) is 38.1 Å². The van der Waals surface area contributed by atoms with Crippen LogP contribution in [0.25, 0.3) is 5.65 Å². The lowest BCUT2D eigenvalue weighted by atomic mass is 10.1. The van der Waals surface area contributed by atoms with Crippen LogP contribution in [0.1, 0.15) is 42.2 Å². The fraction of sp³-hybridized carbons (Fsp3) is 0.316. The number of carbonyl (C=O) groups excluding carboxylic acids is 1. The van der Waals surface area contributed by atoms with E-state index in [4.69, 9.17) is 9.47 Å². The average Bonchev–Trinajstić information content (AvgIpc) is 3.05. The summed E-state index contributed by atoms with van der Waals surface area (Å²) in [5.74, 6) is 0.300. The molecule has 0 saturated heterocycles. The van der Waals surface area contributed by atoms with E-state index in [1.807, 2.05) is 6.92 Å². The van der Waals surface area contributed by atoms with E-state index in [1.165, 1.54) is 22.8 Å². The van der Waals surface area contributed by atoms with Gasteiger partial charge < -0.3 is 14.8 Å². The molecule has 0 spiro atoms. The first-order valence-electron chi connectivity index (χ1n) is 8.75. The molecule has 0 radical (unpaired) electrons. The van der Waals surface area contributed by atoms with Crippen LogP contribution in [0.5, 0.6) is 5.75 Å². The van der Waals surface area contributed by atoms with Gasteiger partial charge in [0.25, 0.3) is 0 Å². The Morgan fingerprint density at radius 3 is 3.00 bits per heavy atom. The van der Waals surface area contributed by atoms with Gasteiger partial charge in [-0.15, -0.1) is 0 Å².